The van der Waals surface area contributed by atoms with Crippen LogP contribution >= 0.6 is 0 Å². The number of aryl methyl sites for hydroxylation is 3. The van der Waals surface area contributed by atoms with Gasteiger partial charge in [-0.2, -0.15) is 5.10 Å². The van der Waals surface area contributed by atoms with E-state index in [1.807, 2.05) is 74.0 Å². The second-order valence-corrected chi connectivity index (χ2v) is 6.68. The summed E-state index contributed by atoms with van der Waals surface area (Å²) in [6.07, 6.45) is 0. The van der Waals surface area contributed by atoms with Gasteiger partial charge in [0.05, 0.1) is 11.4 Å². The van der Waals surface area contributed by atoms with Crippen molar-refractivity contribution >= 4 is 16.9 Å². The molecule has 0 spiro atoms. The van der Waals surface area contributed by atoms with E-state index >= 15 is 0 Å². The number of fused-ring (bicyclic) bond motifs is 1. The quantitative estimate of drug-likeness (QED) is 0.585. The molecule has 4 rings (SSSR count). The molecule has 2 N–H and O–H groups in total. The Kier molecular flexibility index (Phi) is 4.24. The first kappa shape index (κ1) is 17.0. The molecule has 6 nitrogen and oxygen atoms in total. The molecule has 4 aromatic rings. The van der Waals surface area contributed by atoms with Gasteiger partial charge in [-0.15, -0.1) is 0 Å². The molecule has 27 heavy (non-hydrogen) atoms. The van der Waals surface area contributed by atoms with Gasteiger partial charge >= 0.3 is 0 Å². The van der Waals surface area contributed by atoms with Crippen LogP contribution in [0.3, 0.4) is 0 Å². The number of benzene rings is 1. The van der Waals surface area contributed by atoms with Crippen molar-refractivity contribution < 1.29 is 4.79 Å². The van der Waals surface area contributed by atoms with Crippen molar-refractivity contribution in [2.75, 3.05) is 0 Å². The first-order valence-corrected chi connectivity index (χ1v) is 8.85. The lowest BCUT2D eigenvalue weighted by Crippen LogP contribution is -2.24. The number of aromatic nitrogens is 4. The van der Waals surface area contributed by atoms with Crippen molar-refractivity contribution in [3.63, 3.8) is 0 Å². The number of carbonyl (C=O) groups excluding carboxylic acids is 1. The maximum Gasteiger partial charge on any atom is 0.268 e. The van der Waals surface area contributed by atoms with Crippen LogP contribution < -0.4 is 5.32 Å². The van der Waals surface area contributed by atoms with Crippen LogP contribution in [0.1, 0.15) is 27.4 Å². The summed E-state index contributed by atoms with van der Waals surface area (Å²) in [5.74, 6) is -0.114. The summed E-state index contributed by atoms with van der Waals surface area (Å²) < 4.78 is 1.84. The smallest absolute Gasteiger partial charge is 0.268 e. The van der Waals surface area contributed by atoms with E-state index in [1.54, 1.807) is 0 Å². The van der Waals surface area contributed by atoms with Crippen molar-refractivity contribution in [1.82, 2.24) is 25.1 Å². The van der Waals surface area contributed by atoms with Gasteiger partial charge in [0.15, 0.2) is 0 Å². The highest BCUT2D eigenvalue weighted by Gasteiger charge is 2.16. The molecule has 1 amide bonds. The van der Waals surface area contributed by atoms with Gasteiger partial charge in [0.25, 0.3) is 5.91 Å². The van der Waals surface area contributed by atoms with Gasteiger partial charge in [0, 0.05) is 30.2 Å². The number of nitrogens with zero attached hydrogens (tertiary/aromatic N) is 3. The Morgan fingerprint density at radius 1 is 1.15 bits per heavy atom. The number of aromatic amines is 1. The second kappa shape index (κ2) is 6.72. The van der Waals surface area contributed by atoms with Gasteiger partial charge in [-0.3, -0.25) is 9.89 Å². The normalized spacial score (nSPS) is 11.1. The molecule has 0 atom stereocenters. The maximum atomic E-state index is 12.7. The van der Waals surface area contributed by atoms with E-state index in [1.165, 1.54) is 0 Å². The highest BCUT2D eigenvalue weighted by Crippen LogP contribution is 2.26. The molecule has 0 aliphatic rings. The highest BCUT2D eigenvalue weighted by molar-refractivity contribution is 5.98. The molecular weight excluding hydrogens is 338 g/mol. The molecular formula is C21H21N5O. The van der Waals surface area contributed by atoms with Crippen molar-refractivity contribution in [2.24, 2.45) is 7.05 Å². The minimum atomic E-state index is -0.114. The Labute approximate surface area is 157 Å². The maximum absolute atomic E-state index is 12.7. The van der Waals surface area contributed by atoms with Gasteiger partial charge in [0.1, 0.15) is 11.3 Å². The monoisotopic (exact) mass is 359 g/mol. The molecule has 0 unspecified atom stereocenters. The molecule has 0 saturated heterocycles. The van der Waals surface area contributed by atoms with Crippen LogP contribution in [0, 0.1) is 13.8 Å². The minimum Gasteiger partial charge on any atom is -0.347 e. The number of rotatable bonds is 4. The number of hydrogen-bond acceptors (Lipinski definition) is 3. The number of pyridine rings is 1. The number of carbonyl (C=O) groups is 1. The molecule has 0 aliphatic carbocycles. The fourth-order valence-corrected chi connectivity index (χ4v) is 3.35. The predicted octanol–water partition coefficient (Wildman–Crippen LogP) is 3.51. The zero-order chi connectivity index (χ0) is 19.0. The largest absolute Gasteiger partial charge is 0.347 e. The summed E-state index contributed by atoms with van der Waals surface area (Å²) in [6.45, 7) is 4.43. The van der Waals surface area contributed by atoms with E-state index in [-0.39, 0.29) is 5.91 Å². The second-order valence-electron chi connectivity index (χ2n) is 6.68. The van der Waals surface area contributed by atoms with Gasteiger partial charge in [-0.05, 0) is 37.6 Å². The molecule has 0 fully saturated rings. The van der Waals surface area contributed by atoms with Crippen LogP contribution in [0.25, 0.3) is 22.3 Å². The first-order valence-electron chi connectivity index (χ1n) is 8.85. The van der Waals surface area contributed by atoms with E-state index in [0.29, 0.717) is 12.2 Å². The van der Waals surface area contributed by atoms with Crippen molar-refractivity contribution in [3.05, 3.63) is 71.2 Å². The van der Waals surface area contributed by atoms with Crippen LogP contribution in [0.4, 0.5) is 0 Å². The van der Waals surface area contributed by atoms with Crippen LogP contribution in [0.2, 0.25) is 0 Å². The molecule has 3 aromatic heterocycles. The zero-order valence-corrected chi connectivity index (χ0v) is 15.6. The van der Waals surface area contributed by atoms with Crippen LogP contribution in [-0.2, 0) is 13.6 Å². The van der Waals surface area contributed by atoms with Gasteiger partial charge in [-0.25, -0.2) is 4.98 Å². The molecule has 0 radical (unpaired) electrons. The fraction of sp³-hybridized carbons (Fsp3) is 0.190. The van der Waals surface area contributed by atoms with E-state index in [2.05, 4.69) is 15.5 Å². The lowest BCUT2D eigenvalue weighted by atomic mass is 10.1. The Balaban J connectivity index is 1.65. The summed E-state index contributed by atoms with van der Waals surface area (Å²) >= 11 is 0. The zero-order valence-electron chi connectivity index (χ0n) is 15.6. The first-order chi connectivity index (χ1) is 13.0. The number of nitrogens with one attached hydrogen (secondary N) is 2. The van der Waals surface area contributed by atoms with Crippen LogP contribution in [0.15, 0.2) is 48.5 Å². The minimum absolute atomic E-state index is 0.114. The molecule has 6 heteroatoms. The average molecular weight is 359 g/mol. The number of H-pyrrole nitrogens is 1. The van der Waals surface area contributed by atoms with Gasteiger partial charge in [0.2, 0.25) is 0 Å². The molecule has 0 aliphatic heterocycles. The summed E-state index contributed by atoms with van der Waals surface area (Å²) in [5, 5.41) is 11.1. The van der Waals surface area contributed by atoms with Crippen LogP contribution in [0.5, 0.6) is 0 Å². The Morgan fingerprint density at radius 2 is 1.93 bits per heavy atom. The summed E-state index contributed by atoms with van der Waals surface area (Å²) in [5.41, 5.74) is 6.18. The molecule has 0 saturated carbocycles. The molecule has 0 bridgehead atoms. The average Bonchev–Trinajstić information content (AvgIpc) is 3.19. The van der Waals surface area contributed by atoms with Gasteiger partial charge in [-0.1, -0.05) is 30.3 Å². The highest BCUT2D eigenvalue weighted by atomic mass is 16.1. The van der Waals surface area contributed by atoms with Crippen molar-refractivity contribution in [1.29, 1.82) is 0 Å². The summed E-state index contributed by atoms with van der Waals surface area (Å²) in [6, 6.07) is 15.7. The van der Waals surface area contributed by atoms with Crippen molar-refractivity contribution in [3.8, 4) is 11.3 Å². The van der Waals surface area contributed by atoms with E-state index in [4.69, 9.17) is 4.98 Å². The van der Waals surface area contributed by atoms with E-state index in [0.717, 1.165) is 39.2 Å². The molecule has 3 heterocycles. The fourth-order valence-electron chi connectivity index (χ4n) is 3.35. The lowest BCUT2D eigenvalue weighted by molar-refractivity contribution is 0.0943. The third-order valence-corrected chi connectivity index (χ3v) is 4.79. The lowest BCUT2D eigenvalue weighted by Gasteiger charge is -2.07. The number of hydrogen-bond donors (Lipinski definition) is 2. The molecule has 1 aromatic carbocycles. The number of amides is 1. The summed E-state index contributed by atoms with van der Waals surface area (Å²) in [4.78, 5) is 17.4. The SMILES string of the molecule is Cc1n[nH]c(C)c1-c1ccc2cc(C(=O)NCc3ccccc3)n(C)c2n1. The predicted molar refractivity (Wildman–Crippen MR) is 105 cm³/mol. The Morgan fingerprint density at radius 3 is 2.63 bits per heavy atom. The summed E-state index contributed by atoms with van der Waals surface area (Å²) in [7, 11) is 1.87. The Hall–Kier alpha value is -3.41. The van der Waals surface area contributed by atoms with E-state index < -0.39 is 0 Å². The Bertz CT molecular complexity index is 1100. The van der Waals surface area contributed by atoms with Gasteiger partial charge < -0.3 is 9.88 Å². The van der Waals surface area contributed by atoms with Crippen molar-refractivity contribution in [2.45, 2.75) is 20.4 Å². The molecule has 136 valence electrons. The van der Waals surface area contributed by atoms with E-state index in [9.17, 15) is 4.79 Å². The third-order valence-electron chi connectivity index (χ3n) is 4.79. The van der Waals surface area contributed by atoms with Crippen LogP contribution in [-0.4, -0.2) is 25.7 Å². The standard InChI is InChI=1S/C21H21N5O/c1-13-19(14(2)25-24-13)17-10-9-16-11-18(26(3)20(16)23-17)21(27)22-12-15-7-5-4-6-8-15/h4-11H,12H2,1-3H3,(H,22,27)(H,24,25). The topological polar surface area (TPSA) is 75.6 Å². The third kappa shape index (κ3) is 3.10.